The van der Waals surface area contributed by atoms with Crippen molar-refractivity contribution in [3.8, 4) is 0 Å². The van der Waals surface area contributed by atoms with Gasteiger partial charge >= 0.3 is 5.97 Å². The third-order valence-corrected chi connectivity index (χ3v) is 2.56. The van der Waals surface area contributed by atoms with Crippen LogP contribution in [0.2, 0.25) is 0 Å². The van der Waals surface area contributed by atoms with E-state index in [1.54, 1.807) is 12.1 Å². The molecule has 3 nitrogen and oxygen atoms in total. The van der Waals surface area contributed by atoms with Gasteiger partial charge in [0, 0.05) is 4.48 Å². The van der Waals surface area contributed by atoms with Crippen LogP contribution in [0, 0.1) is 6.57 Å². The fourth-order valence-electron chi connectivity index (χ4n) is 1.00. The Balaban J connectivity index is 3.20. The Morgan fingerprint density at radius 3 is 2.47 bits per heavy atom. The Labute approximate surface area is 96.3 Å². The minimum Gasteiger partial charge on any atom is -0.474 e. The van der Waals surface area contributed by atoms with Crippen molar-refractivity contribution in [3.05, 3.63) is 53.0 Å². The number of methoxy groups -OCH3 is 1. The van der Waals surface area contributed by atoms with Gasteiger partial charge in [-0.1, -0.05) is 46.3 Å². The van der Waals surface area contributed by atoms with Crippen LogP contribution in [0.25, 0.3) is 9.33 Å². The van der Waals surface area contributed by atoms with Gasteiger partial charge in [0.2, 0.25) is 0 Å². The predicted octanol–water partition coefficient (Wildman–Crippen LogP) is 2.84. The number of rotatable bonds is 2. The van der Waals surface area contributed by atoms with Crippen LogP contribution in [0.5, 0.6) is 0 Å². The lowest BCUT2D eigenvalue weighted by Crippen LogP contribution is -2.02. The minimum absolute atomic E-state index is 0.0521. The molecule has 4 heteroatoms. The van der Waals surface area contributed by atoms with E-state index < -0.39 is 5.97 Å². The smallest absolute Gasteiger partial charge is 0.337 e. The number of halogens is 1. The maximum absolute atomic E-state index is 11.2. The molecule has 1 rings (SSSR count). The summed E-state index contributed by atoms with van der Waals surface area (Å²) < 4.78 is 4.95. The molecule has 1 aromatic rings. The van der Waals surface area contributed by atoms with Crippen molar-refractivity contribution in [1.82, 2.24) is 0 Å². The van der Waals surface area contributed by atoms with Gasteiger partial charge in [0.15, 0.2) is 0 Å². The maximum atomic E-state index is 11.2. The lowest BCUT2D eigenvalue weighted by Gasteiger charge is -2.02. The van der Waals surface area contributed by atoms with Crippen molar-refractivity contribution >= 4 is 26.4 Å². The van der Waals surface area contributed by atoms with Gasteiger partial charge in [-0.15, -0.1) is 0 Å². The molecule has 0 bridgehead atoms. The topological polar surface area (TPSA) is 30.7 Å². The van der Waals surface area contributed by atoms with Crippen LogP contribution >= 0.6 is 15.9 Å². The summed E-state index contributed by atoms with van der Waals surface area (Å²) in [5.41, 5.74) is 0.720. The zero-order valence-electron chi connectivity index (χ0n) is 8.03. The third-order valence-electron chi connectivity index (χ3n) is 1.73. The molecule has 0 saturated carbocycles. The average Bonchev–Trinajstić information content (AvgIpc) is 2.30. The molecule has 0 N–H and O–H groups in total. The van der Waals surface area contributed by atoms with Gasteiger partial charge in [-0.05, 0) is 5.56 Å². The summed E-state index contributed by atoms with van der Waals surface area (Å²) in [5, 5.41) is 0. The predicted molar refractivity (Wildman–Crippen MR) is 60.9 cm³/mol. The first-order valence-corrected chi connectivity index (χ1v) is 4.91. The third kappa shape index (κ3) is 2.67. The zero-order chi connectivity index (χ0) is 11.3. The molecule has 0 heterocycles. The molecule has 0 amide bonds. The van der Waals surface area contributed by atoms with E-state index in [4.69, 9.17) is 6.57 Å². The minimum atomic E-state index is -0.638. The number of ether oxygens (including phenoxy) is 1. The molecule has 15 heavy (non-hydrogen) atoms. The van der Waals surface area contributed by atoms with Gasteiger partial charge in [0.1, 0.15) is 0 Å². The van der Waals surface area contributed by atoms with E-state index in [9.17, 15) is 4.79 Å². The second kappa shape index (κ2) is 5.32. The summed E-state index contributed by atoms with van der Waals surface area (Å²) in [4.78, 5) is 14.4. The van der Waals surface area contributed by atoms with E-state index in [-0.39, 0.29) is 5.70 Å². The van der Waals surface area contributed by atoms with Crippen LogP contribution in [0.3, 0.4) is 0 Å². The first kappa shape index (κ1) is 11.5. The Bertz CT molecular complexity index is 432. The molecule has 0 aliphatic carbocycles. The van der Waals surface area contributed by atoms with Crippen molar-refractivity contribution in [2.75, 3.05) is 7.11 Å². The fourth-order valence-corrected chi connectivity index (χ4v) is 1.52. The second-order valence-corrected chi connectivity index (χ2v) is 3.42. The number of nitrogens with zero attached hydrogens (tertiary/aromatic N) is 1. The molecule has 1 aromatic carbocycles. The van der Waals surface area contributed by atoms with Gasteiger partial charge in [0.05, 0.1) is 13.7 Å². The summed E-state index contributed by atoms with van der Waals surface area (Å²) in [7, 11) is 1.25. The molecule has 76 valence electrons. The highest BCUT2D eigenvalue weighted by Gasteiger charge is 2.15. The van der Waals surface area contributed by atoms with Crippen LogP contribution in [0.15, 0.2) is 36.0 Å². The molecular weight excluding hydrogens is 258 g/mol. The van der Waals surface area contributed by atoms with Crippen LogP contribution in [0.1, 0.15) is 5.56 Å². The zero-order valence-corrected chi connectivity index (χ0v) is 9.61. The highest BCUT2D eigenvalue weighted by Crippen LogP contribution is 2.26. The molecule has 0 unspecified atom stereocenters. The summed E-state index contributed by atoms with van der Waals surface area (Å²) >= 11 is 3.22. The molecule has 0 spiro atoms. The van der Waals surface area contributed by atoms with Gasteiger partial charge in [-0.2, -0.15) is 0 Å². The van der Waals surface area contributed by atoms with E-state index in [0.717, 1.165) is 5.56 Å². The van der Waals surface area contributed by atoms with E-state index in [1.807, 2.05) is 18.2 Å². The Morgan fingerprint density at radius 1 is 1.40 bits per heavy atom. The summed E-state index contributed by atoms with van der Waals surface area (Å²) in [6.45, 7) is 6.91. The SMILES string of the molecule is [C-]#[N+]/C(C(=O)OC)=C(/Br)c1ccccc1. The first-order valence-electron chi connectivity index (χ1n) is 4.11. The molecule has 0 atom stereocenters. The molecule has 0 aliphatic rings. The first-order chi connectivity index (χ1) is 7.20. The summed E-state index contributed by atoms with van der Waals surface area (Å²) in [5.74, 6) is -0.638. The highest BCUT2D eigenvalue weighted by molar-refractivity contribution is 9.15. The van der Waals surface area contributed by atoms with E-state index in [1.165, 1.54) is 7.11 Å². The number of hydrogen-bond acceptors (Lipinski definition) is 2. The maximum Gasteiger partial charge on any atom is 0.337 e. The van der Waals surface area contributed by atoms with Crippen molar-refractivity contribution in [3.63, 3.8) is 0 Å². The Hall–Kier alpha value is -1.60. The standard InChI is InChI=1S/C11H8BrNO2/c1-13-10(11(14)15-2)9(12)8-6-4-3-5-7-8/h3-7H,2H3/b10-9+. The number of hydrogen-bond donors (Lipinski definition) is 0. The van der Waals surface area contributed by atoms with Crippen molar-refractivity contribution in [2.45, 2.75) is 0 Å². The largest absolute Gasteiger partial charge is 0.474 e. The van der Waals surface area contributed by atoms with Gasteiger partial charge < -0.3 is 4.74 Å². The molecule has 0 aromatic heterocycles. The van der Waals surface area contributed by atoms with E-state index in [0.29, 0.717) is 4.48 Å². The Morgan fingerprint density at radius 2 is 2.00 bits per heavy atom. The number of carbonyl (C=O) groups excluding carboxylic acids is 1. The average molecular weight is 266 g/mol. The number of carbonyl (C=O) groups is 1. The van der Waals surface area contributed by atoms with Gasteiger partial charge in [-0.25, -0.2) is 4.85 Å². The van der Waals surface area contributed by atoms with Crippen molar-refractivity contribution < 1.29 is 9.53 Å². The van der Waals surface area contributed by atoms with Gasteiger partial charge in [0.25, 0.3) is 5.70 Å². The van der Waals surface area contributed by atoms with Crippen molar-refractivity contribution in [2.24, 2.45) is 0 Å². The quantitative estimate of drug-likeness (QED) is 0.468. The molecule has 0 radical (unpaired) electrons. The lowest BCUT2D eigenvalue weighted by atomic mass is 10.2. The molecule has 0 fully saturated rings. The summed E-state index contributed by atoms with van der Waals surface area (Å²) in [6.07, 6.45) is 0. The number of esters is 1. The van der Waals surface area contributed by atoms with Gasteiger partial charge in [-0.3, -0.25) is 4.79 Å². The van der Waals surface area contributed by atoms with Crippen molar-refractivity contribution in [1.29, 1.82) is 0 Å². The van der Waals surface area contributed by atoms with Crippen LogP contribution in [-0.2, 0) is 9.53 Å². The molecule has 0 saturated heterocycles. The van der Waals surface area contributed by atoms with E-state index in [2.05, 4.69) is 25.5 Å². The van der Waals surface area contributed by atoms with Crippen LogP contribution in [-0.4, -0.2) is 13.1 Å². The van der Waals surface area contributed by atoms with Crippen LogP contribution in [0.4, 0.5) is 0 Å². The van der Waals surface area contributed by atoms with Crippen LogP contribution < -0.4 is 0 Å². The van der Waals surface area contributed by atoms with E-state index >= 15 is 0 Å². The Kier molecular flexibility index (Phi) is 4.07. The normalized spacial score (nSPS) is 11.3. The molecular formula is C11H8BrNO2. The number of benzene rings is 1. The summed E-state index contributed by atoms with van der Waals surface area (Å²) in [6, 6.07) is 9.13. The monoisotopic (exact) mass is 265 g/mol. The lowest BCUT2D eigenvalue weighted by molar-refractivity contribution is -0.135. The highest BCUT2D eigenvalue weighted by atomic mass is 79.9. The molecule has 0 aliphatic heterocycles. The fraction of sp³-hybridized carbons (Fsp3) is 0.0909. The second-order valence-electron chi connectivity index (χ2n) is 2.63.